The maximum absolute atomic E-state index is 13.6. The van der Waals surface area contributed by atoms with Crippen LogP contribution in [0, 0.1) is 5.82 Å². The van der Waals surface area contributed by atoms with E-state index in [2.05, 4.69) is 4.98 Å². The van der Waals surface area contributed by atoms with Gasteiger partial charge in [0.2, 0.25) is 0 Å². The van der Waals surface area contributed by atoms with Crippen molar-refractivity contribution in [1.82, 2.24) is 9.88 Å². The number of nitrogens with zero attached hydrogens (tertiary/aromatic N) is 2. The van der Waals surface area contributed by atoms with E-state index in [0.717, 1.165) is 23.4 Å². The third-order valence-corrected chi connectivity index (χ3v) is 4.28. The van der Waals surface area contributed by atoms with Gasteiger partial charge in [-0.25, -0.2) is 9.18 Å². The first kappa shape index (κ1) is 15.4. The summed E-state index contributed by atoms with van der Waals surface area (Å²) in [6.45, 7) is 1.44. The van der Waals surface area contributed by atoms with Crippen molar-refractivity contribution in [2.75, 3.05) is 7.05 Å². The Kier molecular flexibility index (Phi) is 3.75. The van der Waals surface area contributed by atoms with Crippen LogP contribution in [-0.2, 0) is 4.79 Å². The molecule has 1 amide bonds. The van der Waals surface area contributed by atoms with Crippen molar-refractivity contribution >= 4 is 22.8 Å². The fourth-order valence-corrected chi connectivity index (χ4v) is 2.52. The standard InChI is InChI=1S/C17H17FN2O3/c1-9(17(22)23)20(2)16(21)13-8-15(10-3-4-10)19-14-6-5-11(18)7-12(13)14/h5-10H,3-4H2,1-2H3,(H,22,23). The van der Waals surface area contributed by atoms with Crippen LogP contribution in [0.15, 0.2) is 24.3 Å². The van der Waals surface area contributed by atoms with Crippen LogP contribution < -0.4 is 0 Å². The van der Waals surface area contributed by atoms with E-state index in [1.165, 1.54) is 26.1 Å². The van der Waals surface area contributed by atoms with Crippen molar-refractivity contribution in [1.29, 1.82) is 0 Å². The number of fused-ring (bicyclic) bond motifs is 1. The molecule has 1 atom stereocenters. The molecule has 120 valence electrons. The average Bonchev–Trinajstić information content (AvgIpc) is 3.36. The predicted octanol–water partition coefficient (Wildman–Crippen LogP) is 2.80. The summed E-state index contributed by atoms with van der Waals surface area (Å²) in [5.41, 5.74) is 1.66. The summed E-state index contributed by atoms with van der Waals surface area (Å²) in [4.78, 5) is 29.5. The van der Waals surface area contributed by atoms with Gasteiger partial charge in [0, 0.05) is 24.0 Å². The molecule has 0 saturated heterocycles. The number of aromatic nitrogens is 1. The number of carboxylic acid groups (broad SMARTS) is 1. The first-order chi connectivity index (χ1) is 10.9. The second-order valence-electron chi connectivity index (χ2n) is 5.96. The van der Waals surface area contributed by atoms with Gasteiger partial charge in [-0.15, -0.1) is 0 Å². The Hall–Kier alpha value is -2.50. The number of benzene rings is 1. The predicted molar refractivity (Wildman–Crippen MR) is 82.9 cm³/mol. The van der Waals surface area contributed by atoms with Crippen molar-refractivity contribution in [3.63, 3.8) is 0 Å². The number of hydrogen-bond acceptors (Lipinski definition) is 3. The Morgan fingerprint density at radius 1 is 1.35 bits per heavy atom. The van der Waals surface area contributed by atoms with Crippen LogP contribution in [-0.4, -0.2) is 40.0 Å². The van der Waals surface area contributed by atoms with Crippen LogP contribution in [0.2, 0.25) is 0 Å². The molecule has 5 nitrogen and oxygen atoms in total. The lowest BCUT2D eigenvalue weighted by molar-refractivity contribution is -0.141. The van der Waals surface area contributed by atoms with Crippen molar-refractivity contribution < 1.29 is 19.1 Å². The van der Waals surface area contributed by atoms with Crippen molar-refractivity contribution in [3.05, 3.63) is 41.3 Å². The van der Waals surface area contributed by atoms with E-state index in [9.17, 15) is 14.0 Å². The van der Waals surface area contributed by atoms with Gasteiger partial charge in [0.05, 0.1) is 11.1 Å². The quantitative estimate of drug-likeness (QED) is 0.941. The molecule has 23 heavy (non-hydrogen) atoms. The van der Waals surface area contributed by atoms with Crippen LogP contribution in [0.3, 0.4) is 0 Å². The second kappa shape index (κ2) is 5.61. The third kappa shape index (κ3) is 2.88. The molecule has 1 aliphatic carbocycles. The molecule has 1 saturated carbocycles. The summed E-state index contributed by atoms with van der Waals surface area (Å²) in [5.74, 6) is -1.66. The fraction of sp³-hybridized carbons (Fsp3) is 0.353. The molecule has 1 heterocycles. The van der Waals surface area contributed by atoms with Gasteiger partial charge < -0.3 is 10.0 Å². The maximum Gasteiger partial charge on any atom is 0.326 e. The van der Waals surface area contributed by atoms with Crippen LogP contribution in [0.1, 0.15) is 41.7 Å². The van der Waals surface area contributed by atoms with Gasteiger partial charge in [-0.05, 0) is 44.0 Å². The SMILES string of the molecule is CC(C(=O)O)N(C)C(=O)c1cc(C2CC2)nc2ccc(F)cc12. The Labute approximate surface area is 132 Å². The Bertz CT molecular complexity index is 802. The first-order valence-electron chi connectivity index (χ1n) is 7.48. The highest BCUT2D eigenvalue weighted by Gasteiger charge is 2.29. The summed E-state index contributed by atoms with van der Waals surface area (Å²) in [7, 11) is 1.43. The summed E-state index contributed by atoms with van der Waals surface area (Å²) < 4.78 is 13.6. The van der Waals surface area contributed by atoms with E-state index in [-0.39, 0.29) is 0 Å². The normalized spacial score (nSPS) is 15.4. The number of carbonyl (C=O) groups excluding carboxylic acids is 1. The van der Waals surface area contributed by atoms with Crippen molar-refractivity contribution in [2.24, 2.45) is 0 Å². The Morgan fingerprint density at radius 3 is 2.65 bits per heavy atom. The number of carboxylic acids is 1. The van der Waals surface area contributed by atoms with Crippen LogP contribution >= 0.6 is 0 Å². The number of rotatable bonds is 4. The van der Waals surface area contributed by atoms with E-state index in [1.807, 2.05) is 0 Å². The largest absolute Gasteiger partial charge is 0.480 e. The topological polar surface area (TPSA) is 70.5 Å². The fourth-order valence-electron chi connectivity index (χ4n) is 2.52. The molecule has 6 heteroatoms. The highest BCUT2D eigenvalue weighted by Crippen LogP contribution is 2.40. The molecule has 1 fully saturated rings. The Balaban J connectivity index is 2.12. The van der Waals surface area contributed by atoms with E-state index in [1.54, 1.807) is 12.1 Å². The smallest absolute Gasteiger partial charge is 0.326 e. The summed E-state index contributed by atoms with van der Waals surface area (Å²) in [5, 5.41) is 9.50. The number of likely N-dealkylation sites (N-methyl/N-ethyl adjacent to an activating group) is 1. The van der Waals surface area contributed by atoms with Crippen LogP contribution in [0.25, 0.3) is 10.9 Å². The van der Waals surface area contributed by atoms with Gasteiger partial charge in [0.25, 0.3) is 5.91 Å². The zero-order chi connectivity index (χ0) is 16.7. The Morgan fingerprint density at radius 2 is 2.04 bits per heavy atom. The summed E-state index contributed by atoms with van der Waals surface area (Å²) in [6, 6.07) is 4.83. The molecule has 1 unspecified atom stereocenters. The molecular formula is C17H17FN2O3. The van der Waals surface area contributed by atoms with Crippen molar-refractivity contribution in [3.8, 4) is 0 Å². The summed E-state index contributed by atoms with van der Waals surface area (Å²) >= 11 is 0. The molecule has 0 bridgehead atoms. The monoisotopic (exact) mass is 316 g/mol. The van der Waals surface area contributed by atoms with E-state index >= 15 is 0 Å². The molecule has 1 N–H and O–H groups in total. The average molecular weight is 316 g/mol. The molecule has 1 aromatic carbocycles. The molecule has 2 aromatic rings. The minimum Gasteiger partial charge on any atom is -0.480 e. The third-order valence-electron chi connectivity index (χ3n) is 4.28. The molecule has 1 aromatic heterocycles. The van der Waals surface area contributed by atoms with E-state index in [0.29, 0.717) is 22.4 Å². The zero-order valence-corrected chi connectivity index (χ0v) is 12.9. The molecule has 3 rings (SSSR count). The van der Waals surface area contributed by atoms with Gasteiger partial charge in [-0.1, -0.05) is 0 Å². The molecular weight excluding hydrogens is 299 g/mol. The molecule has 0 radical (unpaired) electrons. The van der Waals surface area contributed by atoms with Gasteiger partial charge >= 0.3 is 5.97 Å². The number of amides is 1. The number of pyridine rings is 1. The number of hydrogen-bond donors (Lipinski definition) is 1. The van der Waals surface area contributed by atoms with Crippen LogP contribution in [0.5, 0.6) is 0 Å². The van der Waals surface area contributed by atoms with Gasteiger partial charge in [0.15, 0.2) is 0 Å². The van der Waals surface area contributed by atoms with E-state index < -0.39 is 23.7 Å². The minimum absolute atomic E-state index is 0.298. The molecule has 0 aliphatic heterocycles. The van der Waals surface area contributed by atoms with Crippen LogP contribution in [0.4, 0.5) is 4.39 Å². The number of aliphatic carboxylic acids is 1. The number of halogens is 1. The minimum atomic E-state index is -1.09. The van der Waals surface area contributed by atoms with Gasteiger partial charge in [-0.2, -0.15) is 0 Å². The highest BCUT2D eigenvalue weighted by molar-refractivity contribution is 6.07. The first-order valence-corrected chi connectivity index (χ1v) is 7.48. The van der Waals surface area contributed by atoms with Crippen molar-refractivity contribution in [2.45, 2.75) is 31.7 Å². The zero-order valence-electron chi connectivity index (χ0n) is 12.9. The lowest BCUT2D eigenvalue weighted by Crippen LogP contribution is -2.40. The van der Waals surface area contributed by atoms with Gasteiger partial charge in [0.1, 0.15) is 11.9 Å². The molecule has 1 aliphatic rings. The number of carbonyl (C=O) groups is 2. The lowest BCUT2D eigenvalue weighted by Gasteiger charge is -2.22. The maximum atomic E-state index is 13.6. The van der Waals surface area contributed by atoms with E-state index in [4.69, 9.17) is 5.11 Å². The second-order valence-corrected chi connectivity index (χ2v) is 5.96. The summed E-state index contributed by atoms with van der Waals surface area (Å²) in [6.07, 6.45) is 2.05. The van der Waals surface area contributed by atoms with Gasteiger partial charge in [-0.3, -0.25) is 9.78 Å². The lowest BCUT2D eigenvalue weighted by atomic mass is 10.0. The highest BCUT2D eigenvalue weighted by atomic mass is 19.1. The molecule has 0 spiro atoms.